The van der Waals surface area contributed by atoms with E-state index >= 15 is 0 Å². The second kappa shape index (κ2) is 3.82. The largest absolute Gasteiger partial charge is 0.364 e. The van der Waals surface area contributed by atoms with E-state index in [2.05, 4.69) is 22.5 Å². The lowest BCUT2D eigenvalue weighted by Crippen LogP contribution is -1.94. The molecule has 2 nitrogen and oxygen atoms in total. The number of nitrogens with zero attached hydrogens (tertiary/aromatic N) is 1. The van der Waals surface area contributed by atoms with Crippen molar-refractivity contribution in [3.05, 3.63) is 24.4 Å². The lowest BCUT2D eigenvalue weighted by atomic mass is 10.0. The smallest absolute Gasteiger partial charge is 0.124 e. The zero-order valence-electron chi connectivity index (χ0n) is 6.50. The van der Waals surface area contributed by atoms with E-state index in [0.29, 0.717) is 0 Å². The highest BCUT2D eigenvalue weighted by atomic mass is 16.5. The molecule has 1 radical (unpaired) electrons. The van der Waals surface area contributed by atoms with Gasteiger partial charge in [-0.2, -0.15) is 0 Å². The van der Waals surface area contributed by atoms with Crippen LogP contribution in [0.15, 0.2) is 16.9 Å². The molecule has 0 N–H and O–H groups in total. The van der Waals surface area contributed by atoms with Crippen LogP contribution in [-0.4, -0.2) is 5.16 Å². The Balaban J connectivity index is 2.65. The van der Waals surface area contributed by atoms with E-state index in [1.807, 2.05) is 0 Å². The quantitative estimate of drug-likeness (QED) is 0.614. The molecule has 1 rings (SSSR count). The first-order chi connectivity index (χ1) is 5.38. The molecule has 0 saturated carbocycles. The van der Waals surface area contributed by atoms with Gasteiger partial charge < -0.3 is 4.52 Å². The van der Waals surface area contributed by atoms with Gasteiger partial charge >= 0.3 is 0 Å². The molecule has 2 heteroatoms. The Hall–Kier alpha value is -1.23. The van der Waals surface area contributed by atoms with Crippen molar-refractivity contribution < 1.29 is 4.52 Å². The fourth-order valence-corrected chi connectivity index (χ4v) is 0.984. The van der Waals surface area contributed by atoms with Crippen molar-refractivity contribution in [2.75, 3.05) is 0 Å². The van der Waals surface area contributed by atoms with Crippen LogP contribution in [0, 0.1) is 12.3 Å². The van der Waals surface area contributed by atoms with Crippen molar-refractivity contribution in [2.24, 2.45) is 0 Å². The maximum atomic E-state index is 7.01. The number of hydrogen-bond acceptors (Lipinski definition) is 2. The molecule has 0 spiro atoms. The van der Waals surface area contributed by atoms with Gasteiger partial charge in [0.2, 0.25) is 0 Å². The highest BCUT2D eigenvalue weighted by molar-refractivity contribution is 5.14. The molecule has 1 aromatic heterocycles. The molecule has 0 fully saturated rings. The third-order valence-corrected chi connectivity index (χ3v) is 1.57. The lowest BCUT2D eigenvalue weighted by molar-refractivity contribution is 0.408. The Morgan fingerprint density at radius 1 is 1.82 bits per heavy atom. The van der Waals surface area contributed by atoms with Gasteiger partial charge in [-0.25, -0.2) is 0 Å². The summed E-state index contributed by atoms with van der Waals surface area (Å²) in [5.41, 5.74) is 0.807. The molecular weight excluding hydrogens is 138 g/mol. The summed E-state index contributed by atoms with van der Waals surface area (Å²) < 4.78 is 4.67. The predicted molar refractivity (Wildman–Crippen MR) is 41.3 cm³/mol. The number of aromatic nitrogens is 1. The van der Waals surface area contributed by atoms with Gasteiger partial charge in [-0.05, 0) is 12.8 Å². The average Bonchev–Trinajstić information content (AvgIpc) is 2.52. The summed E-state index contributed by atoms with van der Waals surface area (Å²) in [5.74, 6) is 2.45. The van der Waals surface area contributed by atoms with Crippen molar-refractivity contribution >= 4 is 0 Å². The van der Waals surface area contributed by atoms with Gasteiger partial charge in [0.15, 0.2) is 0 Å². The van der Waals surface area contributed by atoms with Crippen molar-refractivity contribution in [3.8, 4) is 5.92 Å². The van der Waals surface area contributed by atoms with E-state index in [1.54, 1.807) is 6.07 Å². The second-order valence-corrected chi connectivity index (χ2v) is 2.41. The van der Waals surface area contributed by atoms with E-state index < -0.39 is 0 Å². The Bertz CT molecular complexity index is 233. The van der Waals surface area contributed by atoms with Crippen LogP contribution in [0.5, 0.6) is 0 Å². The summed E-state index contributed by atoms with van der Waals surface area (Å²) in [6.45, 7) is 2.07. The van der Waals surface area contributed by atoms with Gasteiger partial charge in [0.05, 0.1) is 11.6 Å². The van der Waals surface area contributed by atoms with Crippen LogP contribution in [0.3, 0.4) is 0 Å². The van der Waals surface area contributed by atoms with E-state index in [0.717, 1.165) is 18.5 Å². The molecule has 1 atom stereocenters. The first-order valence-electron chi connectivity index (χ1n) is 3.71. The molecule has 0 aliphatic rings. The molecular formula is C9H10NO. The van der Waals surface area contributed by atoms with Crippen LogP contribution in [0.2, 0.25) is 0 Å². The van der Waals surface area contributed by atoms with E-state index in [9.17, 15) is 0 Å². The van der Waals surface area contributed by atoms with Gasteiger partial charge in [0, 0.05) is 6.07 Å². The molecule has 0 aromatic carbocycles. The Labute approximate surface area is 66.6 Å². The van der Waals surface area contributed by atoms with Crippen LogP contribution < -0.4 is 0 Å². The minimum atomic E-state index is 0.0127. The molecule has 1 aromatic rings. The monoisotopic (exact) mass is 148 g/mol. The Morgan fingerprint density at radius 2 is 2.64 bits per heavy atom. The highest BCUT2D eigenvalue weighted by Gasteiger charge is 2.09. The van der Waals surface area contributed by atoms with Crippen LogP contribution in [-0.2, 0) is 0 Å². The maximum Gasteiger partial charge on any atom is 0.124 e. The van der Waals surface area contributed by atoms with Crippen molar-refractivity contribution in [3.63, 3.8) is 0 Å². The fourth-order valence-electron chi connectivity index (χ4n) is 0.984. The highest BCUT2D eigenvalue weighted by Crippen LogP contribution is 2.17. The molecule has 57 valence electrons. The van der Waals surface area contributed by atoms with Crippen LogP contribution >= 0.6 is 0 Å². The van der Waals surface area contributed by atoms with Gasteiger partial charge in [-0.3, -0.25) is 0 Å². The molecule has 11 heavy (non-hydrogen) atoms. The summed E-state index contributed by atoms with van der Waals surface area (Å²) in [5, 5.41) is 3.75. The normalized spacial score (nSPS) is 12.4. The Kier molecular flexibility index (Phi) is 2.74. The predicted octanol–water partition coefficient (Wildman–Crippen LogP) is 2.15. The first kappa shape index (κ1) is 7.87. The third kappa shape index (κ3) is 1.84. The van der Waals surface area contributed by atoms with Crippen molar-refractivity contribution in [2.45, 2.75) is 25.7 Å². The number of hydrogen-bond donors (Lipinski definition) is 0. The summed E-state index contributed by atoms with van der Waals surface area (Å²) >= 11 is 0. The molecule has 0 aliphatic heterocycles. The minimum absolute atomic E-state index is 0.0127. The van der Waals surface area contributed by atoms with Gasteiger partial charge in [0.25, 0.3) is 0 Å². The fraction of sp³-hybridized carbons (Fsp3) is 0.444. The summed E-state index contributed by atoms with van der Waals surface area (Å²) in [6.07, 6.45) is 10.5. The minimum Gasteiger partial charge on any atom is -0.364 e. The molecule has 0 bridgehead atoms. The van der Waals surface area contributed by atoms with Crippen molar-refractivity contribution in [1.82, 2.24) is 5.16 Å². The van der Waals surface area contributed by atoms with E-state index in [1.165, 1.54) is 6.26 Å². The molecule has 0 saturated heterocycles. The zero-order valence-corrected chi connectivity index (χ0v) is 6.50. The first-order valence-corrected chi connectivity index (χ1v) is 3.71. The van der Waals surface area contributed by atoms with Crippen LogP contribution in [0.25, 0.3) is 0 Å². The standard InChI is InChI=1S/C9H10NO/c1-3-5-8(4-2)9-6-7-11-10-9/h6-8H,3,5H2,1H3. The maximum absolute atomic E-state index is 7.01. The van der Waals surface area contributed by atoms with Crippen LogP contribution in [0.4, 0.5) is 0 Å². The summed E-state index contributed by atoms with van der Waals surface area (Å²) in [4.78, 5) is 0. The topological polar surface area (TPSA) is 26.0 Å². The molecule has 1 heterocycles. The lowest BCUT2D eigenvalue weighted by Gasteiger charge is -2.02. The SMILES string of the molecule is [C]#CC(CCC)c1ccon1. The van der Waals surface area contributed by atoms with Crippen LogP contribution in [0.1, 0.15) is 31.4 Å². The van der Waals surface area contributed by atoms with Gasteiger partial charge in [0.1, 0.15) is 6.26 Å². The number of rotatable bonds is 3. The van der Waals surface area contributed by atoms with E-state index in [4.69, 9.17) is 6.42 Å². The van der Waals surface area contributed by atoms with E-state index in [-0.39, 0.29) is 5.92 Å². The average molecular weight is 148 g/mol. The van der Waals surface area contributed by atoms with Crippen molar-refractivity contribution in [1.29, 1.82) is 0 Å². The molecule has 1 unspecified atom stereocenters. The molecule has 0 aliphatic carbocycles. The molecule has 0 amide bonds. The third-order valence-electron chi connectivity index (χ3n) is 1.57. The second-order valence-electron chi connectivity index (χ2n) is 2.41. The summed E-state index contributed by atoms with van der Waals surface area (Å²) in [6, 6.07) is 1.78. The van der Waals surface area contributed by atoms with Gasteiger partial charge in [-0.15, -0.1) is 0 Å². The summed E-state index contributed by atoms with van der Waals surface area (Å²) in [7, 11) is 0. The van der Waals surface area contributed by atoms with Gasteiger partial charge in [-0.1, -0.05) is 24.4 Å². The Morgan fingerprint density at radius 3 is 3.09 bits per heavy atom. The zero-order chi connectivity index (χ0) is 8.10.